The smallest absolute Gasteiger partial charge is 0.237 e. The van der Waals surface area contributed by atoms with Crippen LogP contribution in [0.25, 0.3) is 0 Å². The van der Waals surface area contributed by atoms with Crippen molar-refractivity contribution in [1.82, 2.24) is 0 Å². The fourth-order valence-corrected chi connectivity index (χ4v) is 8.73. The molecule has 0 aromatic carbocycles. The molecule has 0 aromatic rings. The van der Waals surface area contributed by atoms with Gasteiger partial charge in [0.25, 0.3) is 104 Å². The first-order valence-corrected chi connectivity index (χ1v) is 18.6. The Labute approximate surface area is 400 Å². The van der Waals surface area contributed by atoms with Crippen molar-refractivity contribution in [2.45, 2.75) is 193 Å². The highest BCUT2D eigenvalue weighted by atomic mass is 19.4. The maximum atomic E-state index is 15.2. The number of fused-ring (bicyclic) bond motifs is 1. The highest BCUT2D eigenvalue weighted by molar-refractivity contribution is 5.44. The number of alkyl halides is 47. The van der Waals surface area contributed by atoms with Gasteiger partial charge in [-0.25, -0.2) is 154 Å². The molecule has 0 bridgehead atoms. The van der Waals surface area contributed by atoms with E-state index in [1.54, 1.807) is 0 Å². The molecule has 12 atom stereocenters. The third-order valence-electron chi connectivity index (χ3n) is 13.2. The van der Waals surface area contributed by atoms with Crippen LogP contribution in [0.2, 0.25) is 0 Å². The van der Waals surface area contributed by atoms with Gasteiger partial charge in [-0.1, -0.05) is 0 Å². The fourth-order valence-electron chi connectivity index (χ4n) is 8.73. The second-order valence-electron chi connectivity index (χ2n) is 16.9. The molecular formula is C32H15F47. The van der Waals surface area contributed by atoms with Gasteiger partial charge in [-0.2, -0.15) is 52.7 Å². The third-order valence-corrected chi connectivity index (χ3v) is 13.2. The summed E-state index contributed by atoms with van der Waals surface area (Å²) in [5.41, 5.74) is -86.5. The van der Waals surface area contributed by atoms with Crippen molar-refractivity contribution in [2.24, 2.45) is 0 Å². The molecule has 79 heavy (non-hydrogen) atoms. The van der Waals surface area contributed by atoms with Crippen molar-refractivity contribution in [3.63, 3.8) is 0 Å². The second kappa shape index (κ2) is 19.1. The summed E-state index contributed by atoms with van der Waals surface area (Å²) >= 11 is 0. The van der Waals surface area contributed by atoms with Crippen LogP contribution in [0.5, 0.6) is 0 Å². The summed E-state index contributed by atoms with van der Waals surface area (Å²) in [7, 11) is 0. The molecule has 4 saturated carbocycles. The Kier molecular flexibility index (Phi) is 17.4. The quantitative estimate of drug-likeness (QED) is 0.191. The Morgan fingerprint density at radius 2 is 0.456 bits per heavy atom. The molecule has 0 amide bonds. The van der Waals surface area contributed by atoms with Crippen LogP contribution in [0.3, 0.4) is 0 Å². The summed E-state index contributed by atoms with van der Waals surface area (Å²) in [6.45, 7) is 0. The zero-order valence-electron chi connectivity index (χ0n) is 35.0. The van der Waals surface area contributed by atoms with Gasteiger partial charge < -0.3 is 0 Å². The minimum absolute atomic E-state index is 3.58. The summed E-state index contributed by atoms with van der Waals surface area (Å²) in [5.74, 6) is -51.6. The van der Waals surface area contributed by atoms with Crippen LogP contribution in [0.15, 0.2) is 0 Å². The summed E-state index contributed by atoms with van der Waals surface area (Å²) in [4.78, 5) is 0. The molecule has 0 spiro atoms. The van der Waals surface area contributed by atoms with E-state index in [1.165, 1.54) is 0 Å². The van der Waals surface area contributed by atoms with Crippen molar-refractivity contribution < 1.29 is 206 Å². The largest absolute Gasteiger partial charge is 0.355 e. The van der Waals surface area contributed by atoms with E-state index in [2.05, 4.69) is 0 Å². The number of hydrogen-bond acceptors (Lipinski definition) is 0. The van der Waals surface area contributed by atoms with Gasteiger partial charge in [-0.15, -0.1) is 0 Å². The lowest BCUT2D eigenvalue weighted by molar-refractivity contribution is -0.474. The van der Waals surface area contributed by atoms with Gasteiger partial charge in [-0.3, -0.25) is 0 Å². The van der Waals surface area contributed by atoms with E-state index >= 15 is 8.78 Å². The maximum Gasteiger partial charge on any atom is 0.355 e. The average Bonchev–Trinajstić information content (AvgIpc) is 3.28. The molecule has 12 unspecified atom stereocenters. The zero-order chi connectivity index (χ0) is 64.3. The first-order chi connectivity index (χ1) is 34.3. The Morgan fingerprint density at radius 1 is 0.228 bits per heavy atom. The fraction of sp³-hybridized carbons (Fsp3) is 1.00. The van der Waals surface area contributed by atoms with Crippen LogP contribution in [0.1, 0.15) is 12.8 Å². The van der Waals surface area contributed by atoms with Crippen LogP contribution in [-0.4, -0.2) is 180 Å². The number of halogens is 47. The molecule has 0 N–H and O–H groups in total. The van der Waals surface area contributed by atoms with Crippen LogP contribution < -0.4 is 0 Å². The first-order valence-electron chi connectivity index (χ1n) is 18.6. The SMILES string of the molecule is FC(F)C1(F)C(F)(F)C(F)(C(F)F)C(F)(C(F)F)C(F)(F)C1(F)C(F)F.FC(F)C1(F)CC(F)(C(F)F)C(F)(F)C(F)(C(F)F)C1(F)F.FC(F)C1(F)CC(F)(F)C(F)(C(F)F)C2(F)C1(F)C(F)C(F)(F)C(F)(F)C2(F)C(F)F. The number of hydrogen-bond donors (Lipinski definition) is 0. The monoisotopic (exact) mass is 1290 g/mol. The van der Waals surface area contributed by atoms with E-state index < -0.39 is 193 Å². The van der Waals surface area contributed by atoms with E-state index in [0.29, 0.717) is 0 Å². The van der Waals surface area contributed by atoms with Crippen molar-refractivity contribution in [3.05, 3.63) is 0 Å². The average molecular weight is 1290 g/mol. The van der Waals surface area contributed by atoms with Gasteiger partial charge >= 0.3 is 41.2 Å². The summed E-state index contributed by atoms with van der Waals surface area (Å²) < 4.78 is 628. The normalized spacial score (nSPS) is 44.8. The summed E-state index contributed by atoms with van der Waals surface area (Å²) in [6.07, 6.45) is -72.7. The molecule has 4 fully saturated rings. The van der Waals surface area contributed by atoms with Crippen molar-refractivity contribution in [2.75, 3.05) is 0 Å². The van der Waals surface area contributed by atoms with Gasteiger partial charge in [0.1, 0.15) is 0 Å². The predicted molar refractivity (Wildman–Crippen MR) is 155 cm³/mol. The Hall–Kier alpha value is -3.29. The topological polar surface area (TPSA) is 0 Å². The Morgan fingerprint density at radius 3 is 0.658 bits per heavy atom. The first kappa shape index (κ1) is 71.8. The molecule has 0 aromatic heterocycles. The lowest BCUT2D eigenvalue weighted by Gasteiger charge is -2.66. The van der Waals surface area contributed by atoms with Crippen molar-refractivity contribution in [1.29, 1.82) is 0 Å². The number of rotatable bonds is 10. The van der Waals surface area contributed by atoms with E-state index in [4.69, 9.17) is 0 Å². The lowest BCUT2D eigenvalue weighted by Crippen LogP contribution is -2.97. The van der Waals surface area contributed by atoms with Crippen LogP contribution >= 0.6 is 0 Å². The highest BCUT2D eigenvalue weighted by Gasteiger charge is 3.08. The van der Waals surface area contributed by atoms with Crippen LogP contribution in [-0.2, 0) is 0 Å². The molecule has 47 heteroatoms. The van der Waals surface area contributed by atoms with E-state index in [-0.39, 0.29) is 0 Å². The van der Waals surface area contributed by atoms with E-state index in [1.807, 2.05) is 0 Å². The van der Waals surface area contributed by atoms with Gasteiger partial charge in [-0.05, 0) is 0 Å². The van der Waals surface area contributed by atoms with Crippen molar-refractivity contribution >= 4 is 0 Å². The summed E-state index contributed by atoms with van der Waals surface area (Å²) in [6, 6.07) is 0. The highest BCUT2D eigenvalue weighted by Crippen LogP contribution is 2.78. The predicted octanol–water partition coefficient (Wildman–Crippen LogP) is 15.7. The van der Waals surface area contributed by atoms with Gasteiger partial charge in [0.2, 0.25) is 34.5 Å². The minimum Gasteiger partial charge on any atom is -0.237 e. The molecule has 0 aliphatic heterocycles. The second-order valence-corrected chi connectivity index (χ2v) is 16.9. The molecule has 472 valence electrons. The van der Waals surface area contributed by atoms with Gasteiger partial charge in [0.05, 0.1) is 6.42 Å². The molecule has 0 heterocycles. The van der Waals surface area contributed by atoms with Gasteiger partial charge in [0.15, 0.2) is 0 Å². The maximum absolute atomic E-state index is 15.2. The van der Waals surface area contributed by atoms with Crippen LogP contribution in [0.4, 0.5) is 206 Å². The Balaban J connectivity index is 0.000000412. The van der Waals surface area contributed by atoms with Crippen LogP contribution in [0, 0.1) is 0 Å². The Bertz CT molecular complexity index is 2050. The molecular weight excluding hydrogens is 1280 g/mol. The van der Waals surface area contributed by atoms with E-state index in [9.17, 15) is 198 Å². The molecule has 0 saturated heterocycles. The molecule has 0 nitrogen and oxygen atoms in total. The molecule has 0 radical (unpaired) electrons. The van der Waals surface area contributed by atoms with Crippen molar-refractivity contribution in [3.8, 4) is 0 Å². The van der Waals surface area contributed by atoms with Gasteiger partial charge in [0, 0.05) is 6.42 Å². The molecule has 4 aliphatic rings. The standard InChI is InChI=1S/C13H6F18.C10H4F16.C9H5F13/c14-2-8(24)6(21,3(15)16)1-7(22,23)9(25,4(17)18)12(8,29)10(26,5(19)20)13(30,31)11(2,27)28;11-1(12)5(19)6(20,2(13)14)10(25,26)8(22,4(17)18)7(21,3(15)16)9(5,23)24;10-2(11)5(16)1-6(17,3(12)13)9(21,22)7(18,4(14)15)8(5,19)20/h2-5H,1H2;1-4H;2-4H,1H2. The lowest BCUT2D eigenvalue weighted by atomic mass is 9.46. The minimum atomic E-state index is -8.03. The summed E-state index contributed by atoms with van der Waals surface area (Å²) in [5, 5.41) is 0. The molecule has 4 aliphatic carbocycles. The third kappa shape index (κ3) is 7.23. The van der Waals surface area contributed by atoms with E-state index in [0.717, 1.165) is 0 Å². The molecule has 4 rings (SSSR count). The zero-order valence-corrected chi connectivity index (χ0v) is 35.0.